The fourth-order valence-corrected chi connectivity index (χ4v) is 3.14. The molecule has 3 nitrogen and oxygen atoms in total. The predicted octanol–water partition coefficient (Wildman–Crippen LogP) is 1.54. The van der Waals surface area contributed by atoms with E-state index >= 15 is 0 Å². The smallest absolute Gasteiger partial charge is 0.0239 e. The van der Waals surface area contributed by atoms with Gasteiger partial charge in [-0.05, 0) is 41.0 Å². The minimum Gasteiger partial charge on any atom is -0.310 e. The van der Waals surface area contributed by atoms with Gasteiger partial charge in [0, 0.05) is 49.8 Å². The molecule has 0 bridgehead atoms. The van der Waals surface area contributed by atoms with E-state index in [4.69, 9.17) is 0 Å². The van der Waals surface area contributed by atoms with Gasteiger partial charge in [-0.2, -0.15) is 0 Å². The summed E-state index contributed by atoms with van der Waals surface area (Å²) in [6.07, 6.45) is 1.29. The van der Waals surface area contributed by atoms with Crippen molar-refractivity contribution in [2.45, 2.75) is 58.2 Å². The SMILES string of the molecule is CC1(C)CC(N2CCN(C(C)(C)C)CC2)CN1. The summed E-state index contributed by atoms with van der Waals surface area (Å²) >= 11 is 0. The Kier molecular flexibility index (Phi) is 3.54. The van der Waals surface area contributed by atoms with Crippen molar-refractivity contribution in [2.75, 3.05) is 32.7 Å². The highest BCUT2D eigenvalue weighted by Crippen LogP contribution is 2.24. The van der Waals surface area contributed by atoms with Gasteiger partial charge in [0.1, 0.15) is 0 Å². The van der Waals surface area contributed by atoms with Crippen LogP contribution in [-0.2, 0) is 0 Å². The summed E-state index contributed by atoms with van der Waals surface area (Å²) in [6.45, 7) is 17.7. The van der Waals surface area contributed by atoms with Gasteiger partial charge in [0.15, 0.2) is 0 Å². The van der Waals surface area contributed by atoms with Crippen molar-refractivity contribution < 1.29 is 0 Å². The molecule has 0 saturated carbocycles. The van der Waals surface area contributed by atoms with Gasteiger partial charge in [0.05, 0.1) is 0 Å². The molecule has 2 saturated heterocycles. The Morgan fingerprint density at radius 2 is 1.65 bits per heavy atom. The molecule has 0 aliphatic carbocycles. The van der Waals surface area contributed by atoms with Crippen LogP contribution in [0.2, 0.25) is 0 Å². The first-order chi connectivity index (χ1) is 7.78. The van der Waals surface area contributed by atoms with Crippen LogP contribution in [-0.4, -0.2) is 59.6 Å². The normalized spacial score (nSPS) is 31.9. The highest BCUT2D eigenvalue weighted by atomic mass is 15.3. The average Bonchev–Trinajstić information content (AvgIpc) is 2.58. The topological polar surface area (TPSA) is 18.5 Å². The fraction of sp³-hybridized carbons (Fsp3) is 1.00. The number of hydrogen-bond donors (Lipinski definition) is 1. The maximum atomic E-state index is 3.63. The van der Waals surface area contributed by atoms with Crippen molar-refractivity contribution in [1.82, 2.24) is 15.1 Å². The van der Waals surface area contributed by atoms with E-state index in [0.717, 1.165) is 6.04 Å². The minimum atomic E-state index is 0.333. The number of nitrogens with zero attached hydrogens (tertiary/aromatic N) is 2. The molecule has 3 heteroatoms. The third-order valence-electron chi connectivity index (χ3n) is 4.34. The highest BCUT2D eigenvalue weighted by Gasteiger charge is 2.36. The second-order valence-corrected chi connectivity index (χ2v) is 7.32. The molecule has 2 aliphatic heterocycles. The van der Waals surface area contributed by atoms with Crippen LogP contribution >= 0.6 is 0 Å². The number of nitrogens with one attached hydrogen (secondary N) is 1. The van der Waals surface area contributed by atoms with Gasteiger partial charge in [-0.25, -0.2) is 0 Å². The fourth-order valence-electron chi connectivity index (χ4n) is 3.14. The number of rotatable bonds is 1. The third kappa shape index (κ3) is 3.21. The lowest BCUT2D eigenvalue weighted by atomic mass is 9.99. The molecule has 2 rings (SSSR count). The van der Waals surface area contributed by atoms with E-state index in [1.54, 1.807) is 0 Å². The van der Waals surface area contributed by atoms with Crippen molar-refractivity contribution >= 4 is 0 Å². The van der Waals surface area contributed by atoms with E-state index in [9.17, 15) is 0 Å². The zero-order valence-electron chi connectivity index (χ0n) is 12.2. The van der Waals surface area contributed by atoms with Gasteiger partial charge < -0.3 is 5.32 Å². The van der Waals surface area contributed by atoms with Crippen molar-refractivity contribution in [3.05, 3.63) is 0 Å². The highest BCUT2D eigenvalue weighted by molar-refractivity contribution is 4.96. The molecule has 17 heavy (non-hydrogen) atoms. The zero-order valence-corrected chi connectivity index (χ0v) is 12.2. The Balaban J connectivity index is 1.84. The Bertz CT molecular complexity index is 259. The molecule has 0 radical (unpaired) electrons. The first-order valence-corrected chi connectivity index (χ1v) is 7.02. The third-order valence-corrected chi connectivity index (χ3v) is 4.34. The number of piperazine rings is 1. The summed E-state index contributed by atoms with van der Waals surface area (Å²) in [5.41, 5.74) is 0.672. The van der Waals surface area contributed by atoms with Crippen LogP contribution < -0.4 is 5.32 Å². The van der Waals surface area contributed by atoms with E-state index in [1.165, 1.54) is 39.1 Å². The minimum absolute atomic E-state index is 0.333. The van der Waals surface area contributed by atoms with Crippen molar-refractivity contribution in [3.8, 4) is 0 Å². The van der Waals surface area contributed by atoms with E-state index in [0.29, 0.717) is 11.1 Å². The Hall–Kier alpha value is -0.120. The first kappa shape index (κ1) is 13.3. The van der Waals surface area contributed by atoms with E-state index in [-0.39, 0.29) is 0 Å². The Morgan fingerprint density at radius 1 is 1.06 bits per heavy atom. The summed E-state index contributed by atoms with van der Waals surface area (Å²) in [7, 11) is 0. The Morgan fingerprint density at radius 3 is 2.06 bits per heavy atom. The van der Waals surface area contributed by atoms with Gasteiger partial charge in [-0.1, -0.05) is 0 Å². The van der Waals surface area contributed by atoms with Gasteiger partial charge >= 0.3 is 0 Å². The van der Waals surface area contributed by atoms with Gasteiger partial charge in [0.2, 0.25) is 0 Å². The number of hydrogen-bond acceptors (Lipinski definition) is 3. The second kappa shape index (κ2) is 4.52. The lowest BCUT2D eigenvalue weighted by Gasteiger charge is -2.44. The molecule has 1 N–H and O–H groups in total. The van der Waals surface area contributed by atoms with E-state index in [1.807, 2.05) is 0 Å². The lowest BCUT2D eigenvalue weighted by molar-refractivity contribution is 0.0447. The molecule has 1 unspecified atom stereocenters. The second-order valence-electron chi connectivity index (χ2n) is 7.32. The van der Waals surface area contributed by atoms with Crippen LogP contribution in [0.3, 0.4) is 0 Å². The lowest BCUT2D eigenvalue weighted by Crippen LogP contribution is -2.55. The van der Waals surface area contributed by atoms with Crippen LogP contribution in [0.15, 0.2) is 0 Å². The Labute approximate surface area is 107 Å². The maximum Gasteiger partial charge on any atom is 0.0239 e. The molecule has 2 heterocycles. The molecule has 0 aromatic rings. The molecule has 0 amide bonds. The molecule has 0 aromatic carbocycles. The predicted molar refractivity (Wildman–Crippen MR) is 73.4 cm³/mol. The molecular formula is C14H29N3. The maximum absolute atomic E-state index is 3.63. The van der Waals surface area contributed by atoms with E-state index < -0.39 is 0 Å². The molecule has 1 atom stereocenters. The molecule has 100 valence electrons. The molecular weight excluding hydrogens is 210 g/mol. The van der Waals surface area contributed by atoms with Gasteiger partial charge in [-0.3, -0.25) is 9.80 Å². The summed E-state index contributed by atoms with van der Waals surface area (Å²) < 4.78 is 0. The van der Waals surface area contributed by atoms with E-state index in [2.05, 4.69) is 49.7 Å². The monoisotopic (exact) mass is 239 g/mol. The summed E-state index contributed by atoms with van der Waals surface area (Å²) in [6, 6.07) is 0.757. The van der Waals surface area contributed by atoms with Crippen molar-refractivity contribution in [2.24, 2.45) is 0 Å². The summed E-state index contributed by atoms with van der Waals surface area (Å²) in [5, 5.41) is 3.63. The first-order valence-electron chi connectivity index (χ1n) is 7.02. The zero-order chi connectivity index (χ0) is 12.7. The van der Waals surface area contributed by atoms with Crippen LogP contribution in [0.4, 0.5) is 0 Å². The van der Waals surface area contributed by atoms with Gasteiger partial charge in [-0.15, -0.1) is 0 Å². The molecule has 0 aromatic heterocycles. The largest absolute Gasteiger partial charge is 0.310 e. The average molecular weight is 239 g/mol. The van der Waals surface area contributed by atoms with Gasteiger partial charge in [0.25, 0.3) is 0 Å². The quantitative estimate of drug-likeness (QED) is 0.749. The van der Waals surface area contributed by atoms with Crippen LogP contribution in [0.25, 0.3) is 0 Å². The van der Waals surface area contributed by atoms with Crippen molar-refractivity contribution in [3.63, 3.8) is 0 Å². The van der Waals surface area contributed by atoms with Crippen molar-refractivity contribution in [1.29, 1.82) is 0 Å². The van der Waals surface area contributed by atoms with Crippen LogP contribution in [0.5, 0.6) is 0 Å². The molecule has 2 fully saturated rings. The molecule has 0 spiro atoms. The molecule has 2 aliphatic rings. The van der Waals surface area contributed by atoms with Crippen LogP contribution in [0, 0.1) is 0 Å². The summed E-state index contributed by atoms with van der Waals surface area (Å²) in [5.74, 6) is 0. The van der Waals surface area contributed by atoms with Crippen LogP contribution in [0.1, 0.15) is 41.0 Å². The standard InChI is InChI=1S/C14H29N3/c1-13(2,3)17-8-6-16(7-9-17)12-10-14(4,5)15-11-12/h12,15H,6-11H2,1-5H3. The summed E-state index contributed by atoms with van der Waals surface area (Å²) in [4.78, 5) is 5.29.